The highest BCUT2D eigenvalue weighted by atomic mass is 32.1. The van der Waals surface area contributed by atoms with Crippen molar-refractivity contribution >= 4 is 17.2 Å². The molecule has 0 aliphatic carbocycles. The van der Waals surface area contributed by atoms with Crippen LogP contribution in [0.25, 0.3) is 0 Å². The molecule has 1 amide bonds. The zero-order valence-corrected chi connectivity index (χ0v) is 16.0. The molecule has 1 unspecified atom stereocenters. The van der Waals surface area contributed by atoms with Crippen LogP contribution in [0.5, 0.6) is 5.19 Å². The van der Waals surface area contributed by atoms with Crippen LogP contribution in [0.15, 0.2) is 0 Å². The van der Waals surface area contributed by atoms with Crippen molar-refractivity contribution in [3.05, 3.63) is 5.01 Å². The zero-order valence-electron chi connectivity index (χ0n) is 15.2. The van der Waals surface area contributed by atoms with Crippen LogP contribution in [0.2, 0.25) is 0 Å². The number of piperidine rings is 2. The minimum Gasteiger partial charge on any atom is -0.472 e. The highest BCUT2D eigenvalue weighted by Gasteiger charge is 2.41. The van der Waals surface area contributed by atoms with Gasteiger partial charge in [0.15, 0.2) is 0 Å². The van der Waals surface area contributed by atoms with Crippen LogP contribution in [0.3, 0.4) is 0 Å². The fourth-order valence-electron chi connectivity index (χ4n) is 4.06. The first-order chi connectivity index (χ1) is 12.1. The lowest BCUT2D eigenvalue weighted by atomic mass is 9.73. The molecular weight excluding hydrogens is 340 g/mol. The summed E-state index contributed by atoms with van der Waals surface area (Å²) in [6.07, 6.45) is 4.97. The molecule has 0 bridgehead atoms. The number of ether oxygens (including phenoxy) is 2. The minimum atomic E-state index is 0.230. The molecule has 1 aromatic rings. The summed E-state index contributed by atoms with van der Waals surface area (Å²) in [6, 6.07) is 0. The average Bonchev–Trinajstić information content (AvgIpc) is 3.06. The predicted octanol–water partition coefficient (Wildman–Crippen LogP) is 1.79. The molecule has 1 spiro atoms. The summed E-state index contributed by atoms with van der Waals surface area (Å²) < 4.78 is 10.3. The third-order valence-corrected chi connectivity index (χ3v) is 6.12. The Hall–Kier alpha value is -1.25. The van der Waals surface area contributed by atoms with Gasteiger partial charge in [0, 0.05) is 45.2 Å². The number of methoxy groups -OCH3 is 2. The van der Waals surface area contributed by atoms with E-state index in [2.05, 4.69) is 20.0 Å². The Morgan fingerprint density at radius 3 is 2.88 bits per heavy atom. The summed E-state index contributed by atoms with van der Waals surface area (Å²) in [5.41, 5.74) is 0.230. The highest BCUT2D eigenvalue weighted by Crippen LogP contribution is 2.39. The van der Waals surface area contributed by atoms with Crippen LogP contribution in [0.1, 0.15) is 37.1 Å². The molecule has 3 rings (SSSR count). The maximum atomic E-state index is 12.3. The molecule has 25 heavy (non-hydrogen) atoms. The van der Waals surface area contributed by atoms with Crippen molar-refractivity contribution in [2.45, 2.75) is 38.6 Å². The average molecular weight is 369 g/mol. The Morgan fingerprint density at radius 2 is 2.12 bits per heavy atom. The number of rotatable bonds is 7. The molecule has 140 valence electrons. The van der Waals surface area contributed by atoms with E-state index in [0.29, 0.717) is 24.1 Å². The van der Waals surface area contributed by atoms with Crippen molar-refractivity contribution in [3.8, 4) is 5.19 Å². The maximum absolute atomic E-state index is 12.3. The SMILES string of the molecule is COCCCN1CC2(CCCN(Cc3nnc(OC)s3)C2)CCC1=O. The first-order valence-electron chi connectivity index (χ1n) is 8.99. The second-order valence-electron chi connectivity index (χ2n) is 7.14. The molecule has 0 aromatic carbocycles. The Morgan fingerprint density at radius 1 is 1.24 bits per heavy atom. The summed E-state index contributed by atoms with van der Waals surface area (Å²) in [5.74, 6) is 0.299. The maximum Gasteiger partial charge on any atom is 0.293 e. The molecule has 7 nitrogen and oxygen atoms in total. The molecule has 1 aromatic heterocycles. The largest absolute Gasteiger partial charge is 0.472 e. The molecular formula is C17H28N4O3S. The predicted molar refractivity (Wildman–Crippen MR) is 95.7 cm³/mol. The molecule has 2 fully saturated rings. The van der Waals surface area contributed by atoms with Crippen LogP contribution in [0.4, 0.5) is 0 Å². The number of carbonyl (C=O) groups is 1. The summed E-state index contributed by atoms with van der Waals surface area (Å²) >= 11 is 1.51. The summed E-state index contributed by atoms with van der Waals surface area (Å²) in [6.45, 7) is 5.33. The van der Waals surface area contributed by atoms with E-state index >= 15 is 0 Å². The van der Waals surface area contributed by atoms with E-state index in [0.717, 1.165) is 50.6 Å². The Bertz CT molecular complexity index is 582. The van der Waals surface area contributed by atoms with Gasteiger partial charge in [-0.25, -0.2) is 0 Å². The molecule has 8 heteroatoms. The van der Waals surface area contributed by atoms with Crippen molar-refractivity contribution in [3.63, 3.8) is 0 Å². The van der Waals surface area contributed by atoms with Gasteiger partial charge in [-0.1, -0.05) is 11.3 Å². The fraction of sp³-hybridized carbons (Fsp3) is 0.824. The Kier molecular flexibility index (Phi) is 6.24. The Labute approximate surface area is 153 Å². The van der Waals surface area contributed by atoms with Gasteiger partial charge in [0.1, 0.15) is 5.01 Å². The van der Waals surface area contributed by atoms with Gasteiger partial charge < -0.3 is 14.4 Å². The van der Waals surface area contributed by atoms with E-state index in [4.69, 9.17) is 9.47 Å². The standard InChI is InChI=1S/C17H28N4O3S/c1-23-10-4-9-21-13-17(7-5-15(21)22)6-3-8-20(12-17)11-14-18-19-16(24-2)25-14/h3-13H2,1-2H3. The second kappa shape index (κ2) is 8.42. The normalized spacial score (nSPS) is 24.9. The van der Waals surface area contributed by atoms with Crippen molar-refractivity contribution in [1.82, 2.24) is 20.0 Å². The van der Waals surface area contributed by atoms with Crippen LogP contribution < -0.4 is 4.74 Å². The summed E-state index contributed by atoms with van der Waals surface area (Å²) in [7, 11) is 3.33. The molecule has 2 aliphatic rings. The number of hydrogen-bond donors (Lipinski definition) is 0. The third-order valence-electron chi connectivity index (χ3n) is 5.25. The topological polar surface area (TPSA) is 67.8 Å². The monoisotopic (exact) mass is 368 g/mol. The van der Waals surface area contributed by atoms with Crippen molar-refractivity contribution < 1.29 is 14.3 Å². The van der Waals surface area contributed by atoms with Gasteiger partial charge in [-0.15, -0.1) is 10.2 Å². The van der Waals surface area contributed by atoms with Gasteiger partial charge in [-0.05, 0) is 32.2 Å². The number of likely N-dealkylation sites (tertiary alicyclic amines) is 2. The van der Waals surface area contributed by atoms with Crippen LogP contribution >= 0.6 is 11.3 Å². The van der Waals surface area contributed by atoms with Gasteiger partial charge in [0.2, 0.25) is 5.91 Å². The molecule has 3 heterocycles. The second-order valence-corrected chi connectivity index (χ2v) is 8.17. The first kappa shape index (κ1) is 18.5. The fourth-order valence-corrected chi connectivity index (χ4v) is 4.76. The van der Waals surface area contributed by atoms with Gasteiger partial charge >= 0.3 is 0 Å². The molecule has 2 saturated heterocycles. The van der Waals surface area contributed by atoms with Gasteiger partial charge in [-0.2, -0.15) is 0 Å². The van der Waals surface area contributed by atoms with Crippen molar-refractivity contribution in [2.24, 2.45) is 5.41 Å². The van der Waals surface area contributed by atoms with E-state index < -0.39 is 0 Å². The lowest BCUT2D eigenvalue weighted by Crippen LogP contribution is -2.54. The first-order valence-corrected chi connectivity index (χ1v) is 9.81. The van der Waals surface area contributed by atoms with Gasteiger partial charge in [0.05, 0.1) is 13.7 Å². The lowest BCUT2D eigenvalue weighted by molar-refractivity contribution is -0.139. The van der Waals surface area contributed by atoms with Crippen molar-refractivity contribution in [2.75, 3.05) is 47.0 Å². The zero-order chi connectivity index (χ0) is 17.7. The van der Waals surface area contributed by atoms with E-state index in [1.54, 1.807) is 14.2 Å². The van der Waals surface area contributed by atoms with Gasteiger partial charge in [-0.3, -0.25) is 9.69 Å². The number of amides is 1. The van der Waals surface area contributed by atoms with E-state index in [9.17, 15) is 4.79 Å². The molecule has 0 N–H and O–H groups in total. The third kappa shape index (κ3) is 4.68. The molecule has 2 aliphatic heterocycles. The number of hydrogen-bond acceptors (Lipinski definition) is 7. The van der Waals surface area contributed by atoms with Gasteiger partial charge in [0.25, 0.3) is 5.19 Å². The van der Waals surface area contributed by atoms with Crippen LogP contribution in [-0.4, -0.2) is 72.9 Å². The molecule has 0 saturated carbocycles. The minimum absolute atomic E-state index is 0.230. The molecule has 1 atom stereocenters. The lowest BCUT2D eigenvalue weighted by Gasteiger charge is -2.48. The smallest absolute Gasteiger partial charge is 0.293 e. The summed E-state index contributed by atoms with van der Waals surface area (Å²) in [4.78, 5) is 16.8. The number of nitrogens with zero attached hydrogens (tertiary/aromatic N) is 4. The van der Waals surface area contributed by atoms with E-state index in [1.165, 1.54) is 24.2 Å². The van der Waals surface area contributed by atoms with Crippen LogP contribution in [0, 0.1) is 5.41 Å². The summed E-state index contributed by atoms with van der Waals surface area (Å²) in [5, 5.41) is 9.86. The Balaban J connectivity index is 1.59. The number of aromatic nitrogens is 2. The van der Waals surface area contributed by atoms with E-state index in [-0.39, 0.29) is 5.41 Å². The van der Waals surface area contributed by atoms with E-state index in [1.807, 2.05) is 0 Å². The highest BCUT2D eigenvalue weighted by molar-refractivity contribution is 7.13. The quantitative estimate of drug-likeness (QED) is 0.684. The van der Waals surface area contributed by atoms with Crippen molar-refractivity contribution in [1.29, 1.82) is 0 Å². The van der Waals surface area contributed by atoms with Crippen LogP contribution in [-0.2, 0) is 16.1 Å². The molecule has 0 radical (unpaired) electrons. The number of carbonyl (C=O) groups excluding carboxylic acids is 1.